The van der Waals surface area contributed by atoms with Crippen molar-refractivity contribution in [3.63, 3.8) is 0 Å². The number of nitrogens with zero attached hydrogens (tertiary/aromatic N) is 3. The second-order valence-corrected chi connectivity index (χ2v) is 8.29. The second-order valence-electron chi connectivity index (χ2n) is 7.37. The summed E-state index contributed by atoms with van der Waals surface area (Å²) in [4.78, 5) is 25.2. The van der Waals surface area contributed by atoms with Crippen molar-refractivity contribution < 1.29 is 4.79 Å². The van der Waals surface area contributed by atoms with Crippen molar-refractivity contribution in [1.29, 1.82) is 0 Å². The Morgan fingerprint density at radius 3 is 2.84 bits per heavy atom. The van der Waals surface area contributed by atoms with Crippen molar-refractivity contribution in [3.05, 3.63) is 83.5 Å². The zero-order chi connectivity index (χ0) is 21.2. The fourth-order valence-corrected chi connectivity index (χ4v) is 4.18. The Kier molecular flexibility index (Phi) is 5.26. The zero-order valence-corrected chi connectivity index (χ0v) is 18.3. The molecule has 0 fully saturated rings. The molecule has 0 saturated carbocycles. The van der Waals surface area contributed by atoms with Crippen LogP contribution in [0.15, 0.2) is 77.8 Å². The molecule has 0 atom stereocenters. The molecule has 3 heterocycles. The van der Waals surface area contributed by atoms with Gasteiger partial charge in [-0.25, -0.2) is 9.97 Å². The summed E-state index contributed by atoms with van der Waals surface area (Å²) in [5, 5.41) is 5.07. The van der Waals surface area contributed by atoms with Crippen LogP contribution >= 0.6 is 15.9 Å². The molecule has 31 heavy (non-hydrogen) atoms. The highest BCUT2D eigenvalue weighted by molar-refractivity contribution is 9.10. The van der Waals surface area contributed by atoms with Gasteiger partial charge in [0.2, 0.25) is 0 Å². The maximum Gasteiger partial charge on any atom is 0.269 e. The largest absolute Gasteiger partial charge is 0.353 e. The van der Waals surface area contributed by atoms with Gasteiger partial charge in [0.15, 0.2) is 0 Å². The van der Waals surface area contributed by atoms with Gasteiger partial charge < -0.3 is 14.9 Å². The number of aromatic amines is 1. The number of nitrogens with one attached hydrogen (secondary N) is 2. The Bertz CT molecular complexity index is 1370. The maximum atomic E-state index is 12.9. The lowest BCUT2D eigenvalue weighted by molar-refractivity contribution is 0.0948. The first-order valence-electron chi connectivity index (χ1n) is 10.1. The average Bonchev–Trinajstić information content (AvgIpc) is 3.43. The summed E-state index contributed by atoms with van der Waals surface area (Å²) in [5.41, 5.74) is 4.07. The lowest BCUT2D eigenvalue weighted by atomic mass is 10.1. The molecular formula is C24H20BrN5O. The molecule has 3 aromatic heterocycles. The predicted octanol–water partition coefficient (Wildman–Crippen LogP) is 5.16. The van der Waals surface area contributed by atoms with Gasteiger partial charge in [-0.3, -0.25) is 4.79 Å². The molecule has 6 nitrogen and oxygen atoms in total. The maximum absolute atomic E-state index is 12.9. The summed E-state index contributed by atoms with van der Waals surface area (Å²) < 4.78 is 2.96. The molecule has 2 N–H and O–H groups in total. The van der Waals surface area contributed by atoms with E-state index in [9.17, 15) is 4.79 Å². The van der Waals surface area contributed by atoms with E-state index < -0.39 is 0 Å². The van der Waals surface area contributed by atoms with Crippen LogP contribution in [-0.4, -0.2) is 32.0 Å². The summed E-state index contributed by atoms with van der Waals surface area (Å²) in [6.07, 6.45) is 6.26. The van der Waals surface area contributed by atoms with Crippen LogP contribution in [0.5, 0.6) is 0 Å². The number of pyridine rings is 1. The summed E-state index contributed by atoms with van der Waals surface area (Å²) in [7, 11) is 0. The van der Waals surface area contributed by atoms with E-state index in [2.05, 4.69) is 37.3 Å². The van der Waals surface area contributed by atoms with Gasteiger partial charge in [-0.1, -0.05) is 46.3 Å². The molecule has 7 heteroatoms. The lowest BCUT2D eigenvalue weighted by Gasteiger charge is -2.09. The van der Waals surface area contributed by atoms with Gasteiger partial charge in [0.05, 0.1) is 17.5 Å². The highest BCUT2D eigenvalue weighted by Crippen LogP contribution is 2.33. The van der Waals surface area contributed by atoms with Gasteiger partial charge in [0.1, 0.15) is 5.69 Å². The molecule has 5 rings (SSSR count). The molecule has 0 spiro atoms. The number of benzene rings is 2. The molecule has 154 valence electrons. The van der Waals surface area contributed by atoms with Crippen LogP contribution in [0, 0.1) is 0 Å². The minimum atomic E-state index is -0.172. The van der Waals surface area contributed by atoms with Crippen molar-refractivity contribution in [2.75, 3.05) is 6.54 Å². The Morgan fingerprint density at radius 1 is 1.10 bits per heavy atom. The fraction of sp³-hybridized carbons (Fsp3) is 0.125. The molecule has 1 amide bonds. The number of imidazole rings is 1. The SMILES string of the molecule is O=C(NCCCn1ccnc1)c1cc2c([nH]c3ccccc32)c(-c2cccc(Br)c2)n1. The number of carbonyl (C=O) groups excluding carboxylic acids is 1. The van der Waals surface area contributed by atoms with Crippen molar-refractivity contribution >= 4 is 43.6 Å². The number of fused-ring (bicyclic) bond motifs is 3. The van der Waals surface area contributed by atoms with Gasteiger partial charge in [0.25, 0.3) is 5.91 Å². The Hall–Kier alpha value is -3.45. The monoisotopic (exact) mass is 473 g/mol. The number of hydrogen-bond donors (Lipinski definition) is 2. The van der Waals surface area contributed by atoms with Crippen LogP contribution < -0.4 is 5.32 Å². The first-order chi connectivity index (χ1) is 15.2. The van der Waals surface area contributed by atoms with Gasteiger partial charge >= 0.3 is 0 Å². The van der Waals surface area contributed by atoms with Crippen molar-refractivity contribution in [2.45, 2.75) is 13.0 Å². The van der Waals surface area contributed by atoms with E-state index in [4.69, 9.17) is 4.98 Å². The lowest BCUT2D eigenvalue weighted by Crippen LogP contribution is -2.26. The number of H-pyrrole nitrogens is 1. The van der Waals surface area contributed by atoms with E-state index in [1.54, 1.807) is 12.5 Å². The number of para-hydroxylation sites is 1. The number of halogens is 1. The fourth-order valence-electron chi connectivity index (χ4n) is 3.78. The topological polar surface area (TPSA) is 75.6 Å². The van der Waals surface area contributed by atoms with Gasteiger partial charge in [-0.15, -0.1) is 0 Å². The summed E-state index contributed by atoms with van der Waals surface area (Å²) >= 11 is 3.54. The normalized spacial score (nSPS) is 11.3. The van der Waals surface area contributed by atoms with Crippen LogP contribution in [0.25, 0.3) is 33.1 Å². The van der Waals surface area contributed by atoms with E-state index in [-0.39, 0.29) is 5.91 Å². The first-order valence-corrected chi connectivity index (χ1v) is 10.9. The van der Waals surface area contributed by atoms with E-state index in [1.165, 1.54) is 0 Å². The Balaban J connectivity index is 1.50. The second kappa shape index (κ2) is 8.35. The highest BCUT2D eigenvalue weighted by Gasteiger charge is 2.17. The predicted molar refractivity (Wildman–Crippen MR) is 126 cm³/mol. The van der Waals surface area contributed by atoms with Gasteiger partial charge in [-0.05, 0) is 30.7 Å². The molecule has 0 radical (unpaired) electrons. The third-order valence-electron chi connectivity index (χ3n) is 5.26. The van der Waals surface area contributed by atoms with Crippen molar-refractivity contribution in [3.8, 4) is 11.3 Å². The molecule has 0 aliphatic rings. The molecular weight excluding hydrogens is 454 g/mol. The van der Waals surface area contributed by atoms with Gasteiger partial charge in [0, 0.05) is 51.8 Å². The van der Waals surface area contributed by atoms with Crippen LogP contribution in [0.4, 0.5) is 0 Å². The molecule has 5 aromatic rings. The molecule has 0 bridgehead atoms. The average molecular weight is 474 g/mol. The van der Waals surface area contributed by atoms with Crippen LogP contribution in [0.2, 0.25) is 0 Å². The summed E-state index contributed by atoms with van der Waals surface area (Å²) in [5.74, 6) is -0.172. The molecule has 0 unspecified atom stereocenters. The number of amides is 1. The highest BCUT2D eigenvalue weighted by atomic mass is 79.9. The third-order valence-corrected chi connectivity index (χ3v) is 5.76. The van der Waals surface area contributed by atoms with E-state index in [0.717, 1.165) is 50.5 Å². The van der Waals surface area contributed by atoms with Crippen LogP contribution in [0.3, 0.4) is 0 Å². The van der Waals surface area contributed by atoms with Crippen LogP contribution in [0.1, 0.15) is 16.9 Å². The van der Waals surface area contributed by atoms with E-state index >= 15 is 0 Å². The zero-order valence-electron chi connectivity index (χ0n) is 16.7. The minimum absolute atomic E-state index is 0.172. The molecule has 0 aliphatic heterocycles. The van der Waals surface area contributed by atoms with Crippen molar-refractivity contribution in [1.82, 2.24) is 24.8 Å². The van der Waals surface area contributed by atoms with Crippen molar-refractivity contribution in [2.24, 2.45) is 0 Å². The molecule has 0 saturated heterocycles. The standard InChI is InChI=1S/C24H20BrN5O/c25-17-6-3-5-16(13-17)22-23-19(18-7-1-2-8-20(18)28-23)14-21(29-22)24(31)27-9-4-11-30-12-10-26-15-30/h1-3,5-8,10,12-15,28H,4,9,11H2,(H,27,31). The van der Waals surface area contributed by atoms with Crippen LogP contribution in [-0.2, 0) is 6.54 Å². The minimum Gasteiger partial charge on any atom is -0.353 e. The van der Waals surface area contributed by atoms with E-state index in [1.807, 2.05) is 59.3 Å². The number of hydrogen-bond acceptors (Lipinski definition) is 3. The molecule has 0 aliphatic carbocycles. The number of aryl methyl sites for hydroxylation is 1. The van der Waals surface area contributed by atoms with Gasteiger partial charge in [-0.2, -0.15) is 0 Å². The number of rotatable bonds is 6. The summed E-state index contributed by atoms with van der Waals surface area (Å²) in [6, 6.07) is 17.9. The molecule has 2 aromatic carbocycles. The third kappa shape index (κ3) is 3.96. The Morgan fingerprint density at radius 2 is 2.00 bits per heavy atom. The first kappa shape index (κ1) is 19.5. The smallest absolute Gasteiger partial charge is 0.269 e. The quantitative estimate of drug-likeness (QED) is 0.334. The number of carbonyl (C=O) groups is 1. The van der Waals surface area contributed by atoms with E-state index in [0.29, 0.717) is 12.2 Å². The number of aromatic nitrogens is 4. The Labute approximate surface area is 187 Å². The summed E-state index contributed by atoms with van der Waals surface area (Å²) in [6.45, 7) is 1.37.